The van der Waals surface area contributed by atoms with Gasteiger partial charge in [0.15, 0.2) is 5.65 Å². The third kappa shape index (κ3) is 3.37. The van der Waals surface area contributed by atoms with Gasteiger partial charge in [-0.25, -0.2) is 13.9 Å². The third-order valence-electron chi connectivity index (χ3n) is 6.39. The predicted octanol–water partition coefficient (Wildman–Crippen LogP) is 2.43. The first-order valence-corrected chi connectivity index (χ1v) is 10.9. The molecule has 2 aliphatic heterocycles. The summed E-state index contributed by atoms with van der Waals surface area (Å²) in [5, 5.41) is 3.14. The molecule has 0 aliphatic carbocycles. The minimum absolute atomic E-state index is 0.0462. The van der Waals surface area contributed by atoms with Crippen LogP contribution in [-0.2, 0) is 17.8 Å². The van der Waals surface area contributed by atoms with Gasteiger partial charge in [0.05, 0.1) is 24.0 Å². The van der Waals surface area contributed by atoms with Crippen molar-refractivity contribution >= 4 is 17.5 Å². The Balaban J connectivity index is 1.48. The largest absolute Gasteiger partial charge is 0.336 e. The summed E-state index contributed by atoms with van der Waals surface area (Å²) in [6, 6.07) is 7.23. The fourth-order valence-corrected chi connectivity index (χ4v) is 4.74. The summed E-state index contributed by atoms with van der Waals surface area (Å²) >= 11 is 0. The zero-order chi connectivity index (χ0) is 22.4. The number of nitrogens with zero attached hydrogens (tertiary/aromatic N) is 4. The molecule has 2 aromatic heterocycles. The average Bonchev–Trinajstić information content (AvgIpc) is 3.45. The number of carbonyl (C=O) groups is 2. The van der Waals surface area contributed by atoms with Gasteiger partial charge in [0, 0.05) is 36.7 Å². The molecule has 9 heteroatoms. The fraction of sp³-hybridized carbons (Fsp3) is 0.391. The molecule has 8 nitrogen and oxygen atoms in total. The SMILES string of the molecule is CCC(=O)N1CCc2c(nc3cc([C@H]4CCCN4C(=O)c4cccc(F)c4)[nH]n3c2=O)C1. The van der Waals surface area contributed by atoms with Gasteiger partial charge in [-0.1, -0.05) is 13.0 Å². The topological polar surface area (TPSA) is 90.8 Å². The van der Waals surface area contributed by atoms with Gasteiger partial charge >= 0.3 is 0 Å². The van der Waals surface area contributed by atoms with Crippen LogP contribution in [0, 0.1) is 5.82 Å². The summed E-state index contributed by atoms with van der Waals surface area (Å²) in [6.45, 7) is 3.22. The van der Waals surface area contributed by atoms with E-state index in [-0.39, 0.29) is 23.4 Å². The van der Waals surface area contributed by atoms with Crippen molar-refractivity contribution in [1.29, 1.82) is 0 Å². The summed E-state index contributed by atoms with van der Waals surface area (Å²) in [6.07, 6.45) is 2.44. The van der Waals surface area contributed by atoms with E-state index in [2.05, 4.69) is 10.1 Å². The Bertz CT molecular complexity index is 1280. The molecule has 1 aromatic carbocycles. The first-order chi connectivity index (χ1) is 15.5. The van der Waals surface area contributed by atoms with Gasteiger partial charge in [0.2, 0.25) is 5.91 Å². The van der Waals surface area contributed by atoms with Crippen molar-refractivity contribution in [3.05, 3.63) is 69.0 Å². The van der Waals surface area contributed by atoms with Crippen LogP contribution in [0.1, 0.15) is 59.5 Å². The van der Waals surface area contributed by atoms with Crippen LogP contribution in [0.25, 0.3) is 5.65 Å². The highest BCUT2D eigenvalue weighted by Gasteiger charge is 2.33. The lowest BCUT2D eigenvalue weighted by Gasteiger charge is -2.27. The highest BCUT2D eigenvalue weighted by atomic mass is 19.1. The molecule has 4 heterocycles. The zero-order valence-electron chi connectivity index (χ0n) is 17.8. The van der Waals surface area contributed by atoms with Gasteiger partial charge in [-0.05, 0) is 37.5 Å². The molecule has 1 atom stereocenters. The molecule has 0 saturated carbocycles. The molecule has 32 heavy (non-hydrogen) atoms. The highest BCUT2D eigenvalue weighted by Crippen LogP contribution is 2.33. The molecule has 0 unspecified atom stereocenters. The van der Waals surface area contributed by atoms with E-state index in [1.165, 1.54) is 22.7 Å². The maximum atomic E-state index is 13.6. The maximum Gasteiger partial charge on any atom is 0.276 e. The Morgan fingerprint density at radius 1 is 1.25 bits per heavy atom. The maximum absolute atomic E-state index is 13.6. The van der Waals surface area contributed by atoms with Crippen molar-refractivity contribution in [3.8, 4) is 0 Å². The third-order valence-corrected chi connectivity index (χ3v) is 6.39. The van der Waals surface area contributed by atoms with Gasteiger partial charge in [0.25, 0.3) is 11.5 Å². The molecule has 5 rings (SSSR count). The van der Waals surface area contributed by atoms with Gasteiger partial charge in [-0.3, -0.25) is 19.5 Å². The van der Waals surface area contributed by atoms with Crippen LogP contribution in [0.5, 0.6) is 0 Å². The predicted molar refractivity (Wildman–Crippen MR) is 115 cm³/mol. The molecule has 1 saturated heterocycles. The number of benzene rings is 1. The fourth-order valence-electron chi connectivity index (χ4n) is 4.74. The number of aromatic nitrogens is 3. The van der Waals surface area contributed by atoms with Crippen molar-refractivity contribution in [2.75, 3.05) is 13.1 Å². The van der Waals surface area contributed by atoms with E-state index < -0.39 is 5.82 Å². The van der Waals surface area contributed by atoms with Crippen LogP contribution in [0.3, 0.4) is 0 Å². The van der Waals surface area contributed by atoms with Gasteiger partial charge in [0.1, 0.15) is 5.82 Å². The first-order valence-electron chi connectivity index (χ1n) is 10.9. The normalized spacial score (nSPS) is 18.2. The first kappa shape index (κ1) is 20.4. The number of amides is 2. The van der Waals surface area contributed by atoms with Crippen LogP contribution in [-0.4, -0.2) is 49.3 Å². The van der Waals surface area contributed by atoms with Crippen LogP contribution in [0.2, 0.25) is 0 Å². The molecular formula is C23H24FN5O3. The number of fused-ring (bicyclic) bond motifs is 2. The number of hydrogen-bond donors (Lipinski definition) is 1. The quantitative estimate of drug-likeness (QED) is 0.682. The number of aromatic amines is 1. The van der Waals surface area contributed by atoms with Crippen molar-refractivity contribution in [1.82, 2.24) is 24.4 Å². The van der Waals surface area contributed by atoms with E-state index in [4.69, 9.17) is 0 Å². The molecule has 2 aliphatic rings. The number of H-pyrrole nitrogens is 1. The van der Waals surface area contributed by atoms with Crippen molar-refractivity contribution in [2.24, 2.45) is 0 Å². The lowest BCUT2D eigenvalue weighted by Crippen LogP contribution is -2.39. The summed E-state index contributed by atoms with van der Waals surface area (Å²) in [7, 11) is 0. The Hall–Kier alpha value is -3.49. The number of carbonyl (C=O) groups excluding carboxylic acids is 2. The lowest BCUT2D eigenvalue weighted by atomic mass is 10.1. The molecular weight excluding hydrogens is 413 g/mol. The summed E-state index contributed by atoms with van der Waals surface area (Å²) in [5.41, 5.74) is 2.59. The number of likely N-dealkylation sites (tertiary alicyclic amines) is 1. The second-order valence-corrected chi connectivity index (χ2v) is 8.33. The average molecular weight is 437 g/mol. The Labute approximate surface area is 183 Å². The van der Waals surface area contributed by atoms with Gasteiger partial charge in [-0.2, -0.15) is 0 Å². The number of rotatable bonds is 3. The molecule has 3 aromatic rings. The number of nitrogens with one attached hydrogen (secondary N) is 1. The zero-order valence-corrected chi connectivity index (χ0v) is 17.8. The summed E-state index contributed by atoms with van der Waals surface area (Å²) in [4.78, 5) is 46.3. The number of hydrogen-bond acceptors (Lipinski definition) is 4. The Kier molecular flexibility index (Phi) is 5.03. The van der Waals surface area contributed by atoms with Crippen LogP contribution in [0.15, 0.2) is 35.1 Å². The standard InChI is InChI=1S/C23H24FN5O3/c1-2-21(30)27-10-8-16-18(13-27)25-20-12-17(26-29(20)23(16)32)19-7-4-9-28(19)22(31)14-5-3-6-15(24)11-14/h3,5-6,11-12,19,26H,2,4,7-10,13H2,1H3/t19-/m1/s1. The monoisotopic (exact) mass is 437 g/mol. The molecule has 0 radical (unpaired) electrons. The van der Waals surface area contributed by atoms with E-state index in [0.29, 0.717) is 54.9 Å². The van der Waals surface area contributed by atoms with E-state index in [9.17, 15) is 18.8 Å². The van der Waals surface area contributed by atoms with Crippen molar-refractivity contribution in [2.45, 2.75) is 45.2 Å². The molecule has 1 fully saturated rings. The molecule has 1 N–H and O–H groups in total. The van der Waals surface area contributed by atoms with Crippen LogP contribution >= 0.6 is 0 Å². The molecule has 2 amide bonds. The van der Waals surface area contributed by atoms with Crippen molar-refractivity contribution in [3.63, 3.8) is 0 Å². The summed E-state index contributed by atoms with van der Waals surface area (Å²) in [5.74, 6) is -0.641. The minimum atomic E-state index is -0.450. The molecule has 166 valence electrons. The summed E-state index contributed by atoms with van der Waals surface area (Å²) < 4.78 is 15.0. The van der Waals surface area contributed by atoms with Crippen LogP contribution < -0.4 is 5.56 Å². The van der Waals surface area contributed by atoms with Gasteiger partial charge in [-0.15, -0.1) is 0 Å². The Morgan fingerprint density at radius 3 is 2.88 bits per heavy atom. The smallest absolute Gasteiger partial charge is 0.276 e. The second kappa shape index (κ2) is 7.89. The van der Waals surface area contributed by atoms with E-state index in [0.717, 1.165) is 18.5 Å². The molecule has 0 spiro atoms. The molecule has 0 bridgehead atoms. The second-order valence-electron chi connectivity index (χ2n) is 8.33. The van der Waals surface area contributed by atoms with Gasteiger partial charge < -0.3 is 9.80 Å². The van der Waals surface area contributed by atoms with E-state index in [1.807, 2.05) is 6.92 Å². The van der Waals surface area contributed by atoms with E-state index in [1.54, 1.807) is 21.9 Å². The number of halogens is 1. The minimum Gasteiger partial charge on any atom is -0.336 e. The lowest BCUT2D eigenvalue weighted by molar-refractivity contribution is -0.131. The van der Waals surface area contributed by atoms with Crippen LogP contribution in [0.4, 0.5) is 4.39 Å². The Morgan fingerprint density at radius 2 is 2.09 bits per heavy atom. The van der Waals surface area contributed by atoms with E-state index >= 15 is 0 Å². The highest BCUT2D eigenvalue weighted by molar-refractivity contribution is 5.94. The van der Waals surface area contributed by atoms with Crippen molar-refractivity contribution < 1.29 is 14.0 Å².